The lowest BCUT2D eigenvalue weighted by molar-refractivity contribution is 0.196. The number of benzene rings is 1. The van der Waals surface area contributed by atoms with Crippen LogP contribution in [0.15, 0.2) is 24.3 Å². The van der Waals surface area contributed by atoms with Crippen LogP contribution in [0.4, 0.5) is 0 Å². The van der Waals surface area contributed by atoms with E-state index in [9.17, 15) is 0 Å². The SMILES string of the molecule is CCCCCN(CC(NC)c1ccccc1C)C(C)C. The van der Waals surface area contributed by atoms with Crippen molar-refractivity contribution in [2.75, 3.05) is 20.1 Å². The number of nitrogens with one attached hydrogen (secondary N) is 1. The van der Waals surface area contributed by atoms with E-state index in [0.717, 1.165) is 6.54 Å². The number of nitrogens with zero attached hydrogens (tertiary/aromatic N) is 1. The molecule has 2 heteroatoms. The zero-order valence-corrected chi connectivity index (χ0v) is 13.9. The minimum Gasteiger partial charge on any atom is -0.312 e. The summed E-state index contributed by atoms with van der Waals surface area (Å²) in [6.07, 6.45) is 3.93. The predicted octanol–water partition coefficient (Wildman–Crippen LogP) is 4.16. The molecule has 1 aromatic carbocycles. The molecule has 1 atom stereocenters. The average molecular weight is 276 g/mol. The second-order valence-corrected chi connectivity index (χ2v) is 5.99. The van der Waals surface area contributed by atoms with E-state index in [0.29, 0.717) is 12.1 Å². The zero-order chi connectivity index (χ0) is 15.0. The Hall–Kier alpha value is -0.860. The van der Waals surface area contributed by atoms with Crippen molar-refractivity contribution in [2.24, 2.45) is 0 Å². The Labute approximate surface area is 125 Å². The smallest absolute Gasteiger partial charge is 0.0449 e. The lowest BCUT2D eigenvalue weighted by Gasteiger charge is -2.31. The van der Waals surface area contributed by atoms with Gasteiger partial charge in [0.25, 0.3) is 0 Å². The number of aryl methyl sites for hydroxylation is 1. The third-order valence-corrected chi connectivity index (χ3v) is 4.11. The van der Waals surface area contributed by atoms with Crippen LogP contribution in [0, 0.1) is 6.92 Å². The summed E-state index contributed by atoms with van der Waals surface area (Å²) < 4.78 is 0. The van der Waals surface area contributed by atoms with Crippen LogP contribution in [-0.4, -0.2) is 31.1 Å². The minimum atomic E-state index is 0.417. The molecular formula is C18H32N2. The molecule has 1 aromatic rings. The summed E-state index contributed by atoms with van der Waals surface area (Å²) in [4.78, 5) is 2.60. The second-order valence-electron chi connectivity index (χ2n) is 5.99. The van der Waals surface area contributed by atoms with Crippen molar-refractivity contribution in [1.29, 1.82) is 0 Å². The number of hydrogen-bond acceptors (Lipinski definition) is 2. The molecule has 1 unspecified atom stereocenters. The molecule has 0 aliphatic heterocycles. The molecule has 0 spiro atoms. The second kappa shape index (κ2) is 9.15. The van der Waals surface area contributed by atoms with Crippen LogP contribution in [0.2, 0.25) is 0 Å². The van der Waals surface area contributed by atoms with Gasteiger partial charge in [0.15, 0.2) is 0 Å². The molecule has 20 heavy (non-hydrogen) atoms. The Bertz CT molecular complexity index is 373. The molecule has 0 aliphatic rings. The summed E-state index contributed by atoms with van der Waals surface area (Å²) in [5, 5.41) is 3.49. The molecule has 0 radical (unpaired) electrons. The average Bonchev–Trinajstić information content (AvgIpc) is 2.43. The fourth-order valence-electron chi connectivity index (χ4n) is 2.68. The normalized spacial score (nSPS) is 13.2. The van der Waals surface area contributed by atoms with E-state index in [4.69, 9.17) is 0 Å². The van der Waals surface area contributed by atoms with Crippen molar-refractivity contribution in [1.82, 2.24) is 10.2 Å². The minimum absolute atomic E-state index is 0.417. The molecule has 0 saturated carbocycles. The molecule has 2 nitrogen and oxygen atoms in total. The Morgan fingerprint density at radius 1 is 1.15 bits per heavy atom. The maximum atomic E-state index is 3.49. The standard InChI is InChI=1S/C18H32N2/c1-6-7-10-13-20(15(2)3)14-18(19-5)17-12-9-8-11-16(17)4/h8-9,11-12,15,18-19H,6-7,10,13-14H2,1-5H3. The van der Waals surface area contributed by atoms with Gasteiger partial charge in [-0.1, -0.05) is 44.0 Å². The van der Waals surface area contributed by atoms with Gasteiger partial charge in [0.1, 0.15) is 0 Å². The van der Waals surface area contributed by atoms with Gasteiger partial charge in [0.2, 0.25) is 0 Å². The van der Waals surface area contributed by atoms with Crippen LogP contribution in [0.5, 0.6) is 0 Å². The van der Waals surface area contributed by atoms with Gasteiger partial charge in [-0.15, -0.1) is 0 Å². The number of unbranched alkanes of at least 4 members (excludes halogenated alkanes) is 2. The summed E-state index contributed by atoms with van der Waals surface area (Å²) in [5.41, 5.74) is 2.81. The van der Waals surface area contributed by atoms with E-state index in [1.165, 1.54) is 36.9 Å². The Kier molecular flexibility index (Phi) is 7.86. The van der Waals surface area contributed by atoms with Gasteiger partial charge in [-0.25, -0.2) is 0 Å². The van der Waals surface area contributed by atoms with Crippen molar-refractivity contribution >= 4 is 0 Å². The molecule has 0 saturated heterocycles. The third kappa shape index (κ3) is 5.26. The highest BCUT2D eigenvalue weighted by Gasteiger charge is 2.17. The molecule has 0 amide bonds. The quantitative estimate of drug-likeness (QED) is 0.681. The number of likely N-dealkylation sites (N-methyl/N-ethyl adjacent to an activating group) is 1. The predicted molar refractivity (Wildman–Crippen MR) is 89.2 cm³/mol. The van der Waals surface area contributed by atoms with E-state index in [1.807, 2.05) is 0 Å². The van der Waals surface area contributed by atoms with Gasteiger partial charge in [0, 0.05) is 18.6 Å². The van der Waals surface area contributed by atoms with Crippen LogP contribution in [0.25, 0.3) is 0 Å². The molecule has 0 heterocycles. The molecule has 1 N–H and O–H groups in total. The monoisotopic (exact) mass is 276 g/mol. The van der Waals surface area contributed by atoms with Gasteiger partial charge in [-0.05, 0) is 51.9 Å². The highest BCUT2D eigenvalue weighted by molar-refractivity contribution is 5.29. The summed E-state index contributed by atoms with van der Waals surface area (Å²) in [6, 6.07) is 9.74. The lowest BCUT2D eigenvalue weighted by atomic mass is 10.0. The fourth-order valence-corrected chi connectivity index (χ4v) is 2.68. The third-order valence-electron chi connectivity index (χ3n) is 4.11. The van der Waals surface area contributed by atoms with Gasteiger partial charge < -0.3 is 5.32 Å². The van der Waals surface area contributed by atoms with Crippen molar-refractivity contribution in [3.05, 3.63) is 35.4 Å². The molecule has 114 valence electrons. The van der Waals surface area contributed by atoms with Crippen LogP contribution in [0.3, 0.4) is 0 Å². The molecular weight excluding hydrogens is 244 g/mol. The molecule has 0 fully saturated rings. The van der Waals surface area contributed by atoms with Gasteiger partial charge >= 0.3 is 0 Å². The van der Waals surface area contributed by atoms with Gasteiger partial charge in [0.05, 0.1) is 0 Å². The summed E-state index contributed by atoms with van der Waals surface area (Å²) >= 11 is 0. The Morgan fingerprint density at radius 3 is 2.40 bits per heavy atom. The van der Waals surface area contributed by atoms with Gasteiger partial charge in [-0.2, -0.15) is 0 Å². The van der Waals surface area contributed by atoms with E-state index in [-0.39, 0.29) is 0 Å². The highest BCUT2D eigenvalue weighted by Crippen LogP contribution is 2.19. The maximum absolute atomic E-state index is 3.49. The first kappa shape index (κ1) is 17.2. The van der Waals surface area contributed by atoms with E-state index in [2.05, 4.69) is 69.2 Å². The molecule has 0 aromatic heterocycles. The van der Waals surface area contributed by atoms with Crippen LogP contribution in [-0.2, 0) is 0 Å². The van der Waals surface area contributed by atoms with Crippen molar-refractivity contribution in [3.8, 4) is 0 Å². The fraction of sp³-hybridized carbons (Fsp3) is 0.667. The number of hydrogen-bond donors (Lipinski definition) is 1. The Balaban J connectivity index is 2.71. The Morgan fingerprint density at radius 2 is 1.85 bits per heavy atom. The molecule has 0 bridgehead atoms. The first-order valence-corrected chi connectivity index (χ1v) is 8.07. The van der Waals surface area contributed by atoms with Crippen LogP contribution < -0.4 is 5.32 Å². The number of rotatable bonds is 9. The first-order chi connectivity index (χ1) is 9.60. The topological polar surface area (TPSA) is 15.3 Å². The summed E-state index contributed by atoms with van der Waals surface area (Å²) in [7, 11) is 2.07. The van der Waals surface area contributed by atoms with Crippen LogP contribution >= 0.6 is 0 Å². The maximum Gasteiger partial charge on any atom is 0.0449 e. The lowest BCUT2D eigenvalue weighted by Crippen LogP contribution is -2.39. The zero-order valence-electron chi connectivity index (χ0n) is 13.9. The van der Waals surface area contributed by atoms with Crippen molar-refractivity contribution < 1.29 is 0 Å². The molecule has 1 rings (SSSR count). The first-order valence-electron chi connectivity index (χ1n) is 8.07. The van der Waals surface area contributed by atoms with Gasteiger partial charge in [-0.3, -0.25) is 4.90 Å². The largest absolute Gasteiger partial charge is 0.312 e. The van der Waals surface area contributed by atoms with Crippen LogP contribution in [0.1, 0.15) is 57.2 Å². The summed E-state index contributed by atoms with van der Waals surface area (Å²) in [5.74, 6) is 0. The van der Waals surface area contributed by atoms with Crippen molar-refractivity contribution in [3.63, 3.8) is 0 Å². The van der Waals surface area contributed by atoms with Crippen molar-refractivity contribution in [2.45, 2.75) is 59.0 Å². The summed E-state index contributed by atoms with van der Waals surface area (Å²) in [6.45, 7) is 11.4. The van der Waals surface area contributed by atoms with E-state index in [1.54, 1.807) is 0 Å². The van der Waals surface area contributed by atoms with E-state index >= 15 is 0 Å². The van der Waals surface area contributed by atoms with E-state index < -0.39 is 0 Å². The highest BCUT2D eigenvalue weighted by atomic mass is 15.2. The molecule has 0 aliphatic carbocycles.